The number of nitrogens with zero attached hydrogens (tertiary/aromatic N) is 4. The maximum absolute atomic E-state index is 6.26. The van der Waals surface area contributed by atoms with E-state index >= 15 is 0 Å². The number of rotatable bonds is 5. The van der Waals surface area contributed by atoms with Gasteiger partial charge >= 0.3 is 0 Å². The predicted octanol–water partition coefficient (Wildman–Crippen LogP) is 4.76. The smallest absolute Gasteiger partial charge is 0.143 e. The van der Waals surface area contributed by atoms with Crippen LogP contribution < -0.4 is 10.2 Å². The molecule has 0 spiro atoms. The average molecular weight is 442 g/mol. The Balaban J connectivity index is 1.40. The fourth-order valence-corrected chi connectivity index (χ4v) is 4.33. The summed E-state index contributed by atoms with van der Waals surface area (Å²) < 4.78 is 3.79. The van der Waals surface area contributed by atoms with Crippen molar-refractivity contribution in [3.63, 3.8) is 0 Å². The molecule has 8 heteroatoms. The lowest BCUT2D eigenvalue weighted by Gasteiger charge is -2.22. The summed E-state index contributed by atoms with van der Waals surface area (Å²) in [4.78, 5) is 10.6. The Morgan fingerprint density at radius 1 is 1.07 bits per heavy atom. The predicted molar refractivity (Wildman–Crippen MR) is 119 cm³/mol. The number of hydrogen-bond acceptors (Lipinski definition) is 4. The molecule has 0 bridgehead atoms. The summed E-state index contributed by atoms with van der Waals surface area (Å²) in [6.07, 6.45) is 9.93. The normalized spacial score (nSPS) is 15.0. The quantitative estimate of drug-likeness (QED) is 0.484. The van der Waals surface area contributed by atoms with Crippen LogP contribution >= 0.6 is 23.2 Å². The van der Waals surface area contributed by atoms with Gasteiger partial charge in [0.1, 0.15) is 12.1 Å². The van der Waals surface area contributed by atoms with E-state index in [0.717, 1.165) is 53.7 Å². The SMILES string of the molecule is Clc1cccc(Cl)c1COn1ccc2ncc(-c3cnn(C4CCNCC4)c3)cc21. The van der Waals surface area contributed by atoms with Crippen LogP contribution in [0.3, 0.4) is 0 Å². The van der Waals surface area contributed by atoms with Gasteiger partial charge in [-0.25, -0.2) is 0 Å². The molecule has 1 aromatic carbocycles. The highest BCUT2D eigenvalue weighted by Gasteiger charge is 2.16. The summed E-state index contributed by atoms with van der Waals surface area (Å²) in [5.74, 6) is 0. The Morgan fingerprint density at radius 3 is 2.67 bits per heavy atom. The third-order valence-corrected chi connectivity index (χ3v) is 6.24. The van der Waals surface area contributed by atoms with E-state index in [1.54, 1.807) is 16.9 Å². The van der Waals surface area contributed by atoms with E-state index in [-0.39, 0.29) is 6.61 Å². The lowest BCUT2D eigenvalue weighted by Crippen LogP contribution is -2.29. The summed E-state index contributed by atoms with van der Waals surface area (Å²) in [6, 6.07) is 9.87. The highest BCUT2D eigenvalue weighted by Crippen LogP contribution is 2.27. The van der Waals surface area contributed by atoms with Gasteiger partial charge in [0, 0.05) is 45.3 Å². The maximum Gasteiger partial charge on any atom is 0.143 e. The van der Waals surface area contributed by atoms with Gasteiger partial charge < -0.3 is 10.2 Å². The van der Waals surface area contributed by atoms with Crippen molar-refractivity contribution in [3.05, 3.63) is 70.7 Å². The molecule has 3 aromatic heterocycles. The Bertz CT molecular complexity index is 1160. The lowest BCUT2D eigenvalue weighted by atomic mass is 10.1. The van der Waals surface area contributed by atoms with Gasteiger partial charge in [-0.3, -0.25) is 9.67 Å². The molecule has 4 aromatic rings. The Kier molecular flexibility index (Phi) is 5.37. The van der Waals surface area contributed by atoms with E-state index in [2.05, 4.69) is 32.3 Å². The molecule has 0 amide bonds. The first-order valence-electron chi connectivity index (χ1n) is 9.97. The number of halogens is 2. The van der Waals surface area contributed by atoms with Crippen LogP contribution in [0.25, 0.3) is 22.2 Å². The lowest BCUT2D eigenvalue weighted by molar-refractivity contribution is 0.107. The highest BCUT2D eigenvalue weighted by atomic mass is 35.5. The number of aromatic nitrogens is 4. The second-order valence-corrected chi connectivity index (χ2v) is 8.25. The highest BCUT2D eigenvalue weighted by molar-refractivity contribution is 6.35. The molecule has 0 unspecified atom stereocenters. The van der Waals surface area contributed by atoms with Crippen LogP contribution in [-0.2, 0) is 6.61 Å². The molecule has 1 aliphatic heterocycles. The van der Waals surface area contributed by atoms with E-state index in [1.165, 1.54) is 0 Å². The van der Waals surface area contributed by atoms with Crippen LogP contribution in [0.15, 0.2) is 55.1 Å². The zero-order valence-corrected chi connectivity index (χ0v) is 17.8. The van der Waals surface area contributed by atoms with Crippen molar-refractivity contribution in [1.29, 1.82) is 0 Å². The van der Waals surface area contributed by atoms with Crippen molar-refractivity contribution in [2.45, 2.75) is 25.5 Å². The number of benzene rings is 1. The van der Waals surface area contributed by atoms with Gasteiger partial charge in [0.05, 0.1) is 17.8 Å². The monoisotopic (exact) mass is 441 g/mol. The molecular weight excluding hydrogens is 421 g/mol. The number of nitrogens with one attached hydrogen (secondary N) is 1. The minimum absolute atomic E-state index is 0.264. The van der Waals surface area contributed by atoms with Crippen molar-refractivity contribution >= 4 is 34.2 Å². The van der Waals surface area contributed by atoms with Crippen molar-refractivity contribution in [3.8, 4) is 11.1 Å². The molecular formula is C22H21Cl2N5O. The fourth-order valence-electron chi connectivity index (χ4n) is 3.82. The van der Waals surface area contributed by atoms with Crippen LogP contribution in [0.2, 0.25) is 10.0 Å². The first kappa shape index (κ1) is 19.4. The first-order valence-corrected chi connectivity index (χ1v) is 10.7. The van der Waals surface area contributed by atoms with Crippen LogP contribution in [0, 0.1) is 0 Å². The fraction of sp³-hybridized carbons (Fsp3) is 0.273. The van der Waals surface area contributed by atoms with Crippen molar-refractivity contribution in [1.82, 2.24) is 24.8 Å². The first-order chi connectivity index (χ1) is 14.7. The standard InChI is InChI=1S/C22H21Cl2N5O/c23-19-2-1-3-20(24)18(19)14-30-29-9-6-21-22(29)10-15(11-26-21)16-12-27-28(13-16)17-4-7-25-8-5-17/h1-3,6,9-13,17,25H,4-5,7-8,14H2. The molecule has 30 heavy (non-hydrogen) atoms. The molecule has 1 fully saturated rings. The van der Waals surface area contributed by atoms with Gasteiger partial charge in [-0.15, -0.1) is 0 Å². The molecule has 0 aliphatic carbocycles. The van der Waals surface area contributed by atoms with Crippen molar-refractivity contribution in [2.24, 2.45) is 0 Å². The summed E-state index contributed by atoms with van der Waals surface area (Å²) in [5, 5.41) is 9.16. The molecule has 154 valence electrons. The average Bonchev–Trinajstić information content (AvgIpc) is 3.41. The minimum Gasteiger partial charge on any atom is -0.409 e. The molecule has 4 heterocycles. The minimum atomic E-state index is 0.264. The number of piperidine rings is 1. The van der Waals surface area contributed by atoms with Crippen LogP contribution in [-0.4, -0.2) is 32.6 Å². The van der Waals surface area contributed by atoms with E-state index < -0.39 is 0 Å². The Labute approximate surface area is 184 Å². The number of hydrogen-bond donors (Lipinski definition) is 1. The zero-order chi connectivity index (χ0) is 20.5. The number of pyridine rings is 1. The topological polar surface area (TPSA) is 56.9 Å². The molecule has 1 N–H and O–H groups in total. The van der Waals surface area contributed by atoms with Crippen LogP contribution in [0.4, 0.5) is 0 Å². The van der Waals surface area contributed by atoms with Gasteiger partial charge in [0.25, 0.3) is 0 Å². The van der Waals surface area contributed by atoms with Gasteiger partial charge in [-0.2, -0.15) is 9.83 Å². The maximum atomic E-state index is 6.26. The Hall–Kier alpha value is -2.54. The second-order valence-electron chi connectivity index (χ2n) is 7.43. The largest absolute Gasteiger partial charge is 0.409 e. The zero-order valence-electron chi connectivity index (χ0n) is 16.3. The van der Waals surface area contributed by atoms with Crippen molar-refractivity contribution < 1.29 is 4.84 Å². The van der Waals surface area contributed by atoms with Gasteiger partial charge in [0.15, 0.2) is 0 Å². The summed E-state index contributed by atoms with van der Waals surface area (Å²) in [7, 11) is 0. The second kappa shape index (κ2) is 8.30. The molecule has 1 saturated heterocycles. The van der Waals surface area contributed by atoms with E-state index in [4.69, 9.17) is 28.0 Å². The van der Waals surface area contributed by atoms with E-state index in [1.807, 2.05) is 30.7 Å². The van der Waals surface area contributed by atoms with Crippen LogP contribution in [0.5, 0.6) is 0 Å². The van der Waals surface area contributed by atoms with E-state index in [0.29, 0.717) is 16.1 Å². The third-order valence-electron chi connectivity index (χ3n) is 5.53. The molecule has 0 atom stereocenters. The molecule has 1 aliphatic rings. The summed E-state index contributed by atoms with van der Waals surface area (Å²) >= 11 is 12.5. The van der Waals surface area contributed by atoms with E-state index in [9.17, 15) is 0 Å². The van der Waals surface area contributed by atoms with Gasteiger partial charge in [0.2, 0.25) is 0 Å². The molecule has 6 nitrogen and oxygen atoms in total. The summed E-state index contributed by atoms with van der Waals surface area (Å²) in [6.45, 7) is 2.33. The number of fused-ring (bicyclic) bond motifs is 1. The van der Waals surface area contributed by atoms with Gasteiger partial charge in [-0.1, -0.05) is 29.3 Å². The summed E-state index contributed by atoms with van der Waals surface area (Å²) in [5.41, 5.74) is 4.54. The van der Waals surface area contributed by atoms with Crippen molar-refractivity contribution in [2.75, 3.05) is 13.1 Å². The molecule has 5 rings (SSSR count). The molecule has 0 saturated carbocycles. The van der Waals surface area contributed by atoms with Crippen LogP contribution in [0.1, 0.15) is 24.4 Å². The third kappa shape index (κ3) is 3.78. The molecule has 0 radical (unpaired) electrons. The Morgan fingerprint density at radius 2 is 1.87 bits per heavy atom. The van der Waals surface area contributed by atoms with Gasteiger partial charge in [-0.05, 0) is 50.2 Å².